The maximum absolute atomic E-state index is 11.3. The second-order valence-corrected chi connectivity index (χ2v) is 8.90. The number of aliphatic carboxylic acids is 1. The molecule has 0 aromatic carbocycles. The summed E-state index contributed by atoms with van der Waals surface area (Å²) in [6, 6.07) is -0.376. The third-order valence-corrected chi connectivity index (χ3v) is 5.53. The second-order valence-electron chi connectivity index (χ2n) is 8.90. The van der Waals surface area contributed by atoms with E-state index in [1.807, 2.05) is 0 Å². The topological polar surface area (TPSA) is 108 Å². The number of halogens is 3. The monoisotopic (exact) mass is 512 g/mol. The highest BCUT2D eigenvalue weighted by atomic mass is 19.4. The molecule has 7 nitrogen and oxygen atoms in total. The first-order chi connectivity index (χ1) is 16.7. The zero-order valence-electron chi connectivity index (χ0n) is 22.1. The molecule has 0 saturated heterocycles. The lowest BCUT2D eigenvalue weighted by Gasteiger charge is -2.21. The van der Waals surface area contributed by atoms with Crippen molar-refractivity contribution in [3.8, 4) is 0 Å². The van der Waals surface area contributed by atoms with Crippen molar-refractivity contribution in [1.82, 2.24) is 15.8 Å². The van der Waals surface area contributed by atoms with Crippen LogP contribution in [-0.2, 0) is 4.79 Å². The van der Waals surface area contributed by atoms with E-state index in [0.717, 1.165) is 45.3 Å². The number of primary amides is 1. The first kappa shape index (κ1) is 35.6. The molecule has 210 valence electrons. The largest absolute Gasteiger partial charge is 0.490 e. The maximum atomic E-state index is 11.3. The van der Waals surface area contributed by atoms with Crippen molar-refractivity contribution in [3.63, 3.8) is 0 Å². The third kappa shape index (κ3) is 28.6. The Kier molecular flexibility index (Phi) is 26.0. The molecule has 0 atom stereocenters. The Morgan fingerprint density at radius 1 is 0.714 bits per heavy atom. The van der Waals surface area contributed by atoms with Crippen LogP contribution < -0.4 is 16.5 Å². The van der Waals surface area contributed by atoms with Crippen molar-refractivity contribution in [2.45, 2.75) is 123 Å². The van der Waals surface area contributed by atoms with Crippen molar-refractivity contribution in [2.24, 2.45) is 5.73 Å². The van der Waals surface area contributed by atoms with Gasteiger partial charge in [-0.25, -0.2) is 15.0 Å². The first-order valence-electron chi connectivity index (χ1n) is 13.5. The molecule has 0 aromatic rings. The van der Waals surface area contributed by atoms with Crippen LogP contribution in [0.5, 0.6) is 0 Å². The summed E-state index contributed by atoms with van der Waals surface area (Å²) in [5, 5.41) is 12.2. The molecule has 0 aliphatic heterocycles. The number of unbranched alkanes of at least 4 members (excludes halogenated alkanes) is 13. The molecule has 0 bridgehead atoms. The number of carbonyl (C=O) groups excluding carboxylic acids is 1. The van der Waals surface area contributed by atoms with Crippen LogP contribution in [0.15, 0.2) is 0 Å². The summed E-state index contributed by atoms with van der Waals surface area (Å²) in [5.74, 6) is -2.76. The number of amides is 2. The van der Waals surface area contributed by atoms with Gasteiger partial charge in [0.2, 0.25) is 0 Å². The van der Waals surface area contributed by atoms with Gasteiger partial charge >= 0.3 is 18.2 Å². The van der Waals surface area contributed by atoms with Crippen LogP contribution in [0.1, 0.15) is 117 Å². The summed E-state index contributed by atoms with van der Waals surface area (Å²) in [6.45, 7) is 8.10. The fourth-order valence-corrected chi connectivity index (χ4v) is 3.39. The van der Waals surface area contributed by atoms with Crippen LogP contribution in [0.2, 0.25) is 0 Å². The number of alkyl halides is 3. The highest BCUT2D eigenvalue weighted by molar-refractivity contribution is 5.73. The van der Waals surface area contributed by atoms with Gasteiger partial charge in [-0.15, -0.1) is 0 Å². The molecule has 0 unspecified atom stereocenters. The van der Waals surface area contributed by atoms with Gasteiger partial charge in [-0.3, -0.25) is 5.01 Å². The number of nitrogens with one attached hydrogen (secondary N) is 2. The fourth-order valence-electron chi connectivity index (χ4n) is 3.39. The number of hydrazine groups is 1. The minimum Gasteiger partial charge on any atom is -0.475 e. The Hall–Kier alpha value is -1.55. The van der Waals surface area contributed by atoms with Crippen LogP contribution in [0.3, 0.4) is 0 Å². The third-order valence-electron chi connectivity index (χ3n) is 5.53. The van der Waals surface area contributed by atoms with E-state index in [0.29, 0.717) is 6.54 Å². The number of nitrogens with two attached hydrogens (primary N) is 1. The Balaban J connectivity index is 0. The zero-order valence-corrected chi connectivity index (χ0v) is 22.1. The van der Waals surface area contributed by atoms with Gasteiger partial charge in [0.1, 0.15) is 0 Å². The standard InChI is InChI=1S/C23H50N4O.C2HF3O2/c1-3-5-7-8-9-10-11-12-13-14-15-16-19-25-20-17-18-21-26-27(23(24)28)22-6-4-2;3-2(4,5)1(6)7/h25-26H,3-22H2,1-2H3,(H2,24,28);(H,6,7). The van der Waals surface area contributed by atoms with Crippen LogP contribution in [0.25, 0.3) is 0 Å². The molecule has 0 rings (SSSR count). The molecule has 0 saturated carbocycles. The number of carbonyl (C=O) groups is 2. The molecular formula is C25H51F3N4O3. The SMILES string of the molecule is CCCCCCCCCCCCCCNCCCCNN(CCCC)C(N)=O.O=C(O)C(F)(F)F. The van der Waals surface area contributed by atoms with Crippen LogP contribution in [-0.4, -0.2) is 54.5 Å². The normalized spacial score (nSPS) is 11.1. The van der Waals surface area contributed by atoms with E-state index in [1.165, 1.54) is 77.0 Å². The lowest BCUT2D eigenvalue weighted by Crippen LogP contribution is -2.46. The summed E-state index contributed by atoms with van der Waals surface area (Å²) in [6.07, 6.45) is 16.0. The summed E-state index contributed by atoms with van der Waals surface area (Å²) in [4.78, 5) is 20.2. The summed E-state index contributed by atoms with van der Waals surface area (Å²) < 4.78 is 31.7. The number of hydrogen-bond acceptors (Lipinski definition) is 4. The van der Waals surface area contributed by atoms with Crippen molar-refractivity contribution < 1.29 is 27.9 Å². The average molecular weight is 513 g/mol. The highest BCUT2D eigenvalue weighted by Gasteiger charge is 2.38. The highest BCUT2D eigenvalue weighted by Crippen LogP contribution is 2.13. The van der Waals surface area contributed by atoms with Crippen molar-refractivity contribution in [1.29, 1.82) is 0 Å². The van der Waals surface area contributed by atoms with Gasteiger partial charge in [0.15, 0.2) is 0 Å². The van der Waals surface area contributed by atoms with E-state index >= 15 is 0 Å². The Bertz CT molecular complexity index is 495. The Labute approximate surface area is 210 Å². The van der Waals surface area contributed by atoms with Gasteiger partial charge in [-0.2, -0.15) is 13.2 Å². The van der Waals surface area contributed by atoms with Crippen LogP contribution in [0.4, 0.5) is 18.0 Å². The quantitative estimate of drug-likeness (QED) is 0.0995. The summed E-state index contributed by atoms with van der Waals surface area (Å²) in [5.41, 5.74) is 8.50. The molecule has 0 fully saturated rings. The molecule has 5 N–H and O–H groups in total. The van der Waals surface area contributed by atoms with Crippen LogP contribution >= 0.6 is 0 Å². The Morgan fingerprint density at radius 3 is 1.49 bits per heavy atom. The number of hydrogen-bond donors (Lipinski definition) is 4. The van der Waals surface area contributed by atoms with Gasteiger partial charge in [-0.1, -0.05) is 90.9 Å². The molecule has 0 aliphatic rings. The lowest BCUT2D eigenvalue weighted by atomic mass is 10.1. The molecule has 0 aliphatic carbocycles. The van der Waals surface area contributed by atoms with Crippen molar-refractivity contribution in [2.75, 3.05) is 26.2 Å². The molecule has 10 heteroatoms. The zero-order chi connectivity index (χ0) is 26.8. The van der Waals surface area contributed by atoms with E-state index in [2.05, 4.69) is 24.6 Å². The lowest BCUT2D eigenvalue weighted by molar-refractivity contribution is -0.192. The number of rotatable bonds is 22. The first-order valence-corrected chi connectivity index (χ1v) is 13.5. The van der Waals surface area contributed by atoms with Gasteiger partial charge in [0.05, 0.1) is 0 Å². The molecule has 2 amide bonds. The molecule has 35 heavy (non-hydrogen) atoms. The van der Waals surface area contributed by atoms with E-state index in [1.54, 1.807) is 5.01 Å². The average Bonchev–Trinajstić information content (AvgIpc) is 2.79. The summed E-state index contributed by atoms with van der Waals surface area (Å²) in [7, 11) is 0. The number of carboxylic acids is 1. The fraction of sp³-hybridized carbons (Fsp3) is 0.920. The smallest absolute Gasteiger partial charge is 0.475 e. The molecular weight excluding hydrogens is 461 g/mol. The maximum Gasteiger partial charge on any atom is 0.490 e. The molecule has 0 spiro atoms. The van der Waals surface area contributed by atoms with Crippen LogP contribution in [0, 0.1) is 0 Å². The van der Waals surface area contributed by atoms with E-state index < -0.39 is 12.1 Å². The van der Waals surface area contributed by atoms with E-state index in [4.69, 9.17) is 15.6 Å². The Morgan fingerprint density at radius 2 is 1.09 bits per heavy atom. The van der Waals surface area contributed by atoms with Gasteiger partial charge in [0, 0.05) is 13.1 Å². The van der Waals surface area contributed by atoms with E-state index in [-0.39, 0.29) is 6.03 Å². The van der Waals surface area contributed by atoms with Crippen molar-refractivity contribution >= 4 is 12.0 Å². The molecule has 0 aromatic heterocycles. The molecule has 0 radical (unpaired) electrons. The van der Waals surface area contributed by atoms with Gasteiger partial charge in [0.25, 0.3) is 0 Å². The molecule has 0 heterocycles. The number of carboxylic acid groups (broad SMARTS) is 1. The second kappa shape index (κ2) is 25.5. The number of nitrogens with zero attached hydrogens (tertiary/aromatic N) is 1. The number of urea groups is 1. The predicted molar refractivity (Wildman–Crippen MR) is 136 cm³/mol. The summed E-state index contributed by atoms with van der Waals surface area (Å²) >= 11 is 0. The van der Waals surface area contributed by atoms with Gasteiger partial charge < -0.3 is 16.2 Å². The van der Waals surface area contributed by atoms with Gasteiger partial charge in [-0.05, 0) is 38.8 Å². The minimum absolute atomic E-state index is 0.376. The minimum atomic E-state index is -5.08. The van der Waals surface area contributed by atoms with Crippen molar-refractivity contribution in [3.05, 3.63) is 0 Å². The van der Waals surface area contributed by atoms with E-state index in [9.17, 15) is 18.0 Å². The predicted octanol–water partition coefficient (Wildman–Crippen LogP) is 6.38.